The second kappa shape index (κ2) is 5.42. The summed E-state index contributed by atoms with van der Waals surface area (Å²) in [6, 6.07) is 18.0. The zero-order valence-corrected chi connectivity index (χ0v) is 14.1. The molecule has 0 radical (unpaired) electrons. The molecular formula is C20H16N6. The van der Waals surface area contributed by atoms with Crippen molar-refractivity contribution < 1.29 is 0 Å². The number of imidazole rings is 1. The quantitative estimate of drug-likeness (QED) is 0.511. The molecule has 0 unspecified atom stereocenters. The maximum absolute atomic E-state index is 6.39. The van der Waals surface area contributed by atoms with Gasteiger partial charge in [0.15, 0.2) is 5.65 Å². The van der Waals surface area contributed by atoms with Crippen molar-refractivity contribution >= 4 is 22.5 Å². The van der Waals surface area contributed by atoms with Crippen LogP contribution in [-0.4, -0.2) is 24.6 Å². The number of nitrogens with zero attached hydrogens (tertiary/aromatic N) is 4. The van der Waals surface area contributed by atoms with Gasteiger partial charge in [-0.25, -0.2) is 9.97 Å². The smallest absolute Gasteiger partial charge is 0.157 e. The van der Waals surface area contributed by atoms with E-state index in [1.807, 2.05) is 42.5 Å². The van der Waals surface area contributed by atoms with E-state index in [2.05, 4.69) is 39.1 Å². The summed E-state index contributed by atoms with van der Waals surface area (Å²) in [5.41, 5.74) is 12.8. The lowest BCUT2D eigenvalue weighted by atomic mass is 10.1. The molecule has 5 rings (SSSR count). The minimum Gasteiger partial charge on any atom is -0.383 e. The van der Waals surface area contributed by atoms with E-state index in [9.17, 15) is 0 Å². The fourth-order valence-electron chi connectivity index (χ4n) is 3.08. The van der Waals surface area contributed by atoms with E-state index >= 15 is 0 Å². The number of hydrogen-bond donors (Lipinski definition) is 2. The van der Waals surface area contributed by atoms with E-state index in [0.717, 1.165) is 27.9 Å². The van der Waals surface area contributed by atoms with Crippen molar-refractivity contribution in [2.45, 2.75) is 6.92 Å². The second-order valence-corrected chi connectivity index (χ2v) is 6.33. The standard InChI is InChI=1S/C20H16N6/c1-12-6-8-13(9-7-12)17-10-18-22-11-14(19(21)26(18)25-17)20-23-15-4-2-3-5-16(15)24-20/h2-11H,21H2,1H3,(H,23,24). The second-order valence-electron chi connectivity index (χ2n) is 6.33. The first kappa shape index (κ1) is 14.7. The largest absolute Gasteiger partial charge is 0.383 e. The molecule has 5 aromatic rings. The number of aromatic amines is 1. The highest BCUT2D eigenvalue weighted by Gasteiger charge is 2.14. The van der Waals surface area contributed by atoms with Crippen LogP contribution in [-0.2, 0) is 0 Å². The first-order valence-electron chi connectivity index (χ1n) is 8.35. The number of fused-ring (bicyclic) bond motifs is 2. The van der Waals surface area contributed by atoms with E-state index in [4.69, 9.17) is 5.73 Å². The lowest BCUT2D eigenvalue weighted by Crippen LogP contribution is -2.03. The van der Waals surface area contributed by atoms with Gasteiger partial charge in [-0.3, -0.25) is 0 Å². The van der Waals surface area contributed by atoms with E-state index < -0.39 is 0 Å². The Morgan fingerprint density at radius 1 is 1.04 bits per heavy atom. The summed E-state index contributed by atoms with van der Waals surface area (Å²) in [6.07, 6.45) is 1.74. The maximum atomic E-state index is 6.39. The number of nitrogens with two attached hydrogens (primary N) is 1. The molecule has 6 nitrogen and oxygen atoms in total. The van der Waals surface area contributed by atoms with E-state index in [1.165, 1.54) is 5.56 Å². The summed E-state index contributed by atoms with van der Waals surface area (Å²) >= 11 is 0. The van der Waals surface area contributed by atoms with Crippen LogP contribution in [0.1, 0.15) is 5.56 Å². The molecule has 26 heavy (non-hydrogen) atoms. The number of aryl methyl sites for hydroxylation is 1. The Kier molecular flexibility index (Phi) is 3.05. The average Bonchev–Trinajstić information content (AvgIpc) is 3.27. The molecule has 0 fully saturated rings. The molecule has 0 atom stereocenters. The van der Waals surface area contributed by atoms with Gasteiger partial charge in [0, 0.05) is 17.8 Å². The molecule has 0 aliphatic rings. The van der Waals surface area contributed by atoms with Crippen LogP contribution < -0.4 is 5.73 Å². The van der Waals surface area contributed by atoms with E-state index in [1.54, 1.807) is 10.7 Å². The van der Waals surface area contributed by atoms with Gasteiger partial charge in [-0.05, 0) is 19.1 Å². The fourth-order valence-corrected chi connectivity index (χ4v) is 3.08. The number of H-pyrrole nitrogens is 1. The first-order valence-corrected chi connectivity index (χ1v) is 8.35. The Hall–Kier alpha value is -3.67. The van der Waals surface area contributed by atoms with Crippen LogP contribution in [0.15, 0.2) is 60.8 Å². The monoisotopic (exact) mass is 340 g/mol. The van der Waals surface area contributed by atoms with Crippen LogP contribution in [0.25, 0.3) is 39.3 Å². The number of aromatic nitrogens is 5. The number of rotatable bonds is 2. The van der Waals surface area contributed by atoms with Crippen LogP contribution in [0, 0.1) is 6.92 Å². The van der Waals surface area contributed by atoms with Gasteiger partial charge in [0.2, 0.25) is 0 Å². The molecule has 0 aliphatic heterocycles. The topological polar surface area (TPSA) is 84.9 Å². The molecule has 0 aliphatic carbocycles. The highest BCUT2D eigenvalue weighted by atomic mass is 15.3. The van der Waals surface area contributed by atoms with Gasteiger partial charge in [-0.1, -0.05) is 42.0 Å². The van der Waals surface area contributed by atoms with Gasteiger partial charge in [0.1, 0.15) is 11.6 Å². The van der Waals surface area contributed by atoms with Crippen molar-refractivity contribution in [2.24, 2.45) is 0 Å². The van der Waals surface area contributed by atoms with Gasteiger partial charge in [0.05, 0.1) is 22.3 Å². The third-order valence-corrected chi connectivity index (χ3v) is 4.51. The molecule has 0 bridgehead atoms. The predicted molar refractivity (Wildman–Crippen MR) is 103 cm³/mol. The van der Waals surface area contributed by atoms with Crippen LogP contribution in [0.3, 0.4) is 0 Å². The van der Waals surface area contributed by atoms with Crippen molar-refractivity contribution in [3.05, 3.63) is 66.4 Å². The highest BCUT2D eigenvalue weighted by Crippen LogP contribution is 2.27. The third-order valence-electron chi connectivity index (χ3n) is 4.51. The number of nitrogen functional groups attached to an aromatic ring is 1. The zero-order valence-electron chi connectivity index (χ0n) is 14.1. The van der Waals surface area contributed by atoms with Crippen LogP contribution in [0.5, 0.6) is 0 Å². The first-order chi connectivity index (χ1) is 12.7. The minimum atomic E-state index is 0.507. The van der Waals surface area contributed by atoms with Crippen molar-refractivity contribution in [1.82, 2.24) is 24.6 Å². The molecule has 3 aromatic heterocycles. The number of anilines is 1. The fraction of sp³-hybridized carbons (Fsp3) is 0.0500. The Morgan fingerprint density at radius 3 is 2.65 bits per heavy atom. The molecule has 2 aromatic carbocycles. The van der Waals surface area contributed by atoms with Gasteiger partial charge >= 0.3 is 0 Å². The number of nitrogens with one attached hydrogen (secondary N) is 1. The Morgan fingerprint density at radius 2 is 1.85 bits per heavy atom. The molecule has 3 heterocycles. The average molecular weight is 340 g/mol. The zero-order chi connectivity index (χ0) is 17.7. The number of benzene rings is 2. The molecule has 6 heteroatoms. The lowest BCUT2D eigenvalue weighted by Gasteiger charge is -2.04. The highest BCUT2D eigenvalue weighted by molar-refractivity contribution is 5.82. The van der Waals surface area contributed by atoms with E-state index in [-0.39, 0.29) is 0 Å². The summed E-state index contributed by atoms with van der Waals surface area (Å²) in [6.45, 7) is 2.06. The molecule has 0 saturated carbocycles. The SMILES string of the molecule is Cc1ccc(-c2cc3ncc(-c4nc5ccccc5[nH]4)c(N)n3n2)cc1. The van der Waals surface area contributed by atoms with Gasteiger partial charge < -0.3 is 10.7 Å². The molecule has 0 spiro atoms. The van der Waals surface area contributed by atoms with Crippen LogP contribution in [0.2, 0.25) is 0 Å². The molecule has 0 saturated heterocycles. The Bertz CT molecular complexity index is 1210. The summed E-state index contributed by atoms with van der Waals surface area (Å²) in [5.74, 6) is 1.19. The lowest BCUT2D eigenvalue weighted by molar-refractivity contribution is 0.955. The van der Waals surface area contributed by atoms with Crippen molar-refractivity contribution in [3.8, 4) is 22.6 Å². The van der Waals surface area contributed by atoms with Crippen molar-refractivity contribution in [2.75, 3.05) is 5.73 Å². The van der Waals surface area contributed by atoms with Gasteiger partial charge in [0.25, 0.3) is 0 Å². The van der Waals surface area contributed by atoms with Crippen molar-refractivity contribution in [1.29, 1.82) is 0 Å². The van der Waals surface area contributed by atoms with E-state index in [0.29, 0.717) is 17.3 Å². The summed E-state index contributed by atoms with van der Waals surface area (Å²) in [7, 11) is 0. The van der Waals surface area contributed by atoms with Crippen LogP contribution in [0.4, 0.5) is 5.82 Å². The van der Waals surface area contributed by atoms with Gasteiger partial charge in [-0.15, -0.1) is 0 Å². The molecule has 0 amide bonds. The van der Waals surface area contributed by atoms with Crippen LogP contribution >= 0.6 is 0 Å². The van der Waals surface area contributed by atoms with Crippen molar-refractivity contribution in [3.63, 3.8) is 0 Å². The third kappa shape index (κ3) is 2.23. The Balaban J connectivity index is 1.66. The molecule has 3 N–H and O–H groups in total. The normalized spacial score (nSPS) is 11.4. The van der Waals surface area contributed by atoms with Gasteiger partial charge in [-0.2, -0.15) is 9.61 Å². The number of para-hydroxylation sites is 2. The summed E-state index contributed by atoms with van der Waals surface area (Å²) in [5, 5.41) is 4.64. The summed E-state index contributed by atoms with van der Waals surface area (Å²) < 4.78 is 1.66. The molecular weight excluding hydrogens is 324 g/mol. The summed E-state index contributed by atoms with van der Waals surface area (Å²) in [4.78, 5) is 12.4. The molecule has 126 valence electrons. The Labute approximate surface area is 149 Å². The predicted octanol–water partition coefficient (Wildman–Crippen LogP) is 3.83. The maximum Gasteiger partial charge on any atom is 0.157 e. The number of hydrogen-bond acceptors (Lipinski definition) is 4. The minimum absolute atomic E-state index is 0.507.